The lowest BCUT2D eigenvalue weighted by molar-refractivity contribution is -0.127. The van der Waals surface area contributed by atoms with E-state index >= 15 is 0 Å². The number of rotatable bonds is 10. The molecule has 0 aromatic heterocycles. The third-order valence-electron chi connectivity index (χ3n) is 4.66. The number of carbonyl (C=O) groups is 2. The molecule has 6 nitrogen and oxygen atoms in total. The van der Waals surface area contributed by atoms with Gasteiger partial charge in [-0.2, -0.15) is 0 Å². The van der Waals surface area contributed by atoms with Gasteiger partial charge in [-0.3, -0.25) is 9.59 Å². The summed E-state index contributed by atoms with van der Waals surface area (Å²) in [5.41, 5.74) is 3.11. The van der Waals surface area contributed by atoms with Gasteiger partial charge in [-0.15, -0.1) is 0 Å². The molecule has 0 spiro atoms. The summed E-state index contributed by atoms with van der Waals surface area (Å²) >= 11 is 0. The van der Waals surface area contributed by atoms with Crippen molar-refractivity contribution >= 4 is 11.8 Å². The first-order chi connectivity index (χ1) is 15.1. The minimum absolute atomic E-state index is 0.107. The molecule has 0 bridgehead atoms. The minimum Gasteiger partial charge on any atom is -0.497 e. The highest BCUT2D eigenvalue weighted by atomic mass is 16.5. The van der Waals surface area contributed by atoms with Crippen LogP contribution in [0.3, 0.4) is 0 Å². The summed E-state index contributed by atoms with van der Waals surface area (Å²) < 4.78 is 10.8. The maximum atomic E-state index is 12.1. The molecular formula is C25H26N2O4. The molecule has 0 aliphatic rings. The van der Waals surface area contributed by atoms with Crippen LogP contribution in [0.4, 0.5) is 0 Å². The van der Waals surface area contributed by atoms with Crippen LogP contribution in [0.15, 0.2) is 78.9 Å². The van der Waals surface area contributed by atoms with Gasteiger partial charge in [-0.25, -0.2) is 0 Å². The third-order valence-corrected chi connectivity index (χ3v) is 4.66. The Morgan fingerprint density at radius 1 is 0.774 bits per heavy atom. The highest BCUT2D eigenvalue weighted by molar-refractivity contribution is 5.85. The molecule has 160 valence electrons. The molecule has 0 aliphatic heterocycles. The van der Waals surface area contributed by atoms with Crippen molar-refractivity contribution in [2.24, 2.45) is 0 Å². The van der Waals surface area contributed by atoms with Crippen molar-refractivity contribution in [3.8, 4) is 11.5 Å². The summed E-state index contributed by atoms with van der Waals surface area (Å²) in [5.74, 6) is 0.792. The zero-order valence-electron chi connectivity index (χ0n) is 17.5. The second kappa shape index (κ2) is 11.4. The van der Waals surface area contributed by atoms with Gasteiger partial charge in [-0.05, 0) is 34.9 Å². The minimum atomic E-state index is -0.353. The van der Waals surface area contributed by atoms with Crippen LogP contribution in [0.25, 0.3) is 0 Å². The monoisotopic (exact) mass is 418 g/mol. The Morgan fingerprint density at radius 2 is 1.48 bits per heavy atom. The molecule has 0 atom stereocenters. The summed E-state index contributed by atoms with van der Waals surface area (Å²) in [5, 5.41) is 5.35. The third kappa shape index (κ3) is 7.19. The van der Waals surface area contributed by atoms with Crippen LogP contribution >= 0.6 is 0 Å². The second-order valence-electron chi connectivity index (χ2n) is 6.96. The van der Waals surface area contributed by atoms with Crippen molar-refractivity contribution in [1.82, 2.24) is 10.6 Å². The number of para-hydroxylation sites is 1. The van der Waals surface area contributed by atoms with Crippen LogP contribution in [0, 0.1) is 0 Å². The summed E-state index contributed by atoms with van der Waals surface area (Å²) in [6, 6.07) is 25.1. The molecule has 0 saturated heterocycles. The predicted molar refractivity (Wildman–Crippen MR) is 119 cm³/mol. The lowest BCUT2D eigenvalue weighted by atomic mass is 10.0. The van der Waals surface area contributed by atoms with E-state index in [0.29, 0.717) is 18.7 Å². The second-order valence-corrected chi connectivity index (χ2v) is 6.96. The summed E-state index contributed by atoms with van der Waals surface area (Å²) in [7, 11) is 1.60. The molecule has 0 aliphatic carbocycles. The Kier molecular flexibility index (Phi) is 8.05. The molecule has 0 heterocycles. The standard InChI is InChI=1S/C25H26N2O4/c1-30-22-13-11-20(12-14-22)16-26-24(28)17-27-25(29)18-31-23-10-6-5-9-21(23)15-19-7-3-2-4-8-19/h2-14H,15-18H2,1H3,(H,26,28)(H,27,29). The van der Waals surface area contributed by atoms with Gasteiger partial charge in [0.1, 0.15) is 11.5 Å². The average molecular weight is 418 g/mol. The molecule has 2 amide bonds. The first-order valence-corrected chi connectivity index (χ1v) is 10.0. The van der Waals surface area contributed by atoms with Crippen LogP contribution in [-0.4, -0.2) is 32.1 Å². The van der Waals surface area contributed by atoms with Gasteiger partial charge in [0.25, 0.3) is 5.91 Å². The lowest BCUT2D eigenvalue weighted by Crippen LogP contribution is -2.38. The number of nitrogens with one attached hydrogen (secondary N) is 2. The summed E-state index contributed by atoms with van der Waals surface area (Å²) in [6.07, 6.45) is 0.715. The Hall–Kier alpha value is -3.80. The molecule has 3 aromatic rings. The van der Waals surface area contributed by atoms with Gasteiger partial charge in [0.2, 0.25) is 5.91 Å². The Balaban J connectivity index is 1.41. The average Bonchev–Trinajstić information content (AvgIpc) is 2.82. The van der Waals surface area contributed by atoms with Gasteiger partial charge in [-0.1, -0.05) is 60.7 Å². The van der Waals surface area contributed by atoms with E-state index in [1.54, 1.807) is 7.11 Å². The van der Waals surface area contributed by atoms with Crippen molar-refractivity contribution in [1.29, 1.82) is 0 Å². The zero-order chi connectivity index (χ0) is 21.9. The van der Waals surface area contributed by atoms with E-state index in [1.165, 1.54) is 0 Å². The van der Waals surface area contributed by atoms with Crippen LogP contribution in [0.5, 0.6) is 11.5 Å². The zero-order valence-corrected chi connectivity index (χ0v) is 17.5. The fourth-order valence-electron chi connectivity index (χ4n) is 2.99. The number of methoxy groups -OCH3 is 1. The van der Waals surface area contributed by atoms with Gasteiger partial charge in [0.15, 0.2) is 6.61 Å². The Morgan fingerprint density at radius 3 is 2.23 bits per heavy atom. The normalized spacial score (nSPS) is 10.2. The fourth-order valence-corrected chi connectivity index (χ4v) is 2.99. The van der Waals surface area contributed by atoms with Crippen LogP contribution in [0.1, 0.15) is 16.7 Å². The summed E-state index contributed by atoms with van der Waals surface area (Å²) in [4.78, 5) is 24.1. The van der Waals surface area contributed by atoms with Crippen LogP contribution in [0.2, 0.25) is 0 Å². The first kappa shape index (κ1) is 21.9. The van der Waals surface area contributed by atoms with E-state index in [1.807, 2.05) is 78.9 Å². The van der Waals surface area contributed by atoms with Gasteiger partial charge >= 0.3 is 0 Å². The number of ether oxygens (including phenoxy) is 2. The van der Waals surface area contributed by atoms with E-state index in [-0.39, 0.29) is 25.0 Å². The largest absolute Gasteiger partial charge is 0.497 e. The van der Waals surface area contributed by atoms with E-state index in [9.17, 15) is 9.59 Å². The number of hydrogen-bond donors (Lipinski definition) is 2. The maximum absolute atomic E-state index is 12.1. The molecule has 6 heteroatoms. The molecule has 0 fully saturated rings. The van der Waals surface area contributed by atoms with E-state index < -0.39 is 0 Å². The highest BCUT2D eigenvalue weighted by Crippen LogP contribution is 2.21. The van der Waals surface area contributed by atoms with Gasteiger partial charge < -0.3 is 20.1 Å². The van der Waals surface area contributed by atoms with Crippen LogP contribution in [-0.2, 0) is 22.6 Å². The molecule has 2 N–H and O–H groups in total. The molecule has 31 heavy (non-hydrogen) atoms. The Labute approximate surface area is 182 Å². The topological polar surface area (TPSA) is 76.7 Å². The van der Waals surface area contributed by atoms with Crippen molar-refractivity contribution in [2.75, 3.05) is 20.3 Å². The smallest absolute Gasteiger partial charge is 0.258 e. The van der Waals surface area contributed by atoms with Gasteiger partial charge in [0.05, 0.1) is 13.7 Å². The van der Waals surface area contributed by atoms with Crippen molar-refractivity contribution in [3.63, 3.8) is 0 Å². The number of carbonyl (C=O) groups excluding carboxylic acids is 2. The fraction of sp³-hybridized carbons (Fsp3) is 0.200. The maximum Gasteiger partial charge on any atom is 0.258 e. The molecule has 0 saturated carbocycles. The Bertz CT molecular complexity index is 988. The summed E-state index contributed by atoms with van der Waals surface area (Å²) in [6.45, 7) is 0.115. The van der Waals surface area contributed by atoms with Crippen LogP contribution < -0.4 is 20.1 Å². The number of amides is 2. The molecule has 0 unspecified atom stereocenters. The molecule has 3 rings (SSSR count). The molecule has 3 aromatic carbocycles. The highest BCUT2D eigenvalue weighted by Gasteiger charge is 2.09. The SMILES string of the molecule is COc1ccc(CNC(=O)CNC(=O)COc2ccccc2Cc2ccccc2)cc1. The number of benzene rings is 3. The lowest BCUT2D eigenvalue weighted by Gasteiger charge is -2.12. The van der Waals surface area contributed by atoms with Crippen molar-refractivity contribution in [3.05, 3.63) is 95.6 Å². The van der Waals surface area contributed by atoms with Crippen molar-refractivity contribution in [2.45, 2.75) is 13.0 Å². The quantitative estimate of drug-likeness (QED) is 0.531. The van der Waals surface area contributed by atoms with E-state index in [0.717, 1.165) is 22.4 Å². The number of hydrogen-bond acceptors (Lipinski definition) is 4. The van der Waals surface area contributed by atoms with E-state index in [2.05, 4.69) is 10.6 Å². The van der Waals surface area contributed by atoms with Gasteiger partial charge in [0, 0.05) is 13.0 Å². The predicted octanol–water partition coefficient (Wildman–Crippen LogP) is 3.10. The molecule has 0 radical (unpaired) electrons. The van der Waals surface area contributed by atoms with E-state index in [4.69, 9.17) is 9.47 Å². The molecular weight excluding hydrogens is 392 g/mol. The first-order valence-electron chi connectivity index (χ1n) is 10.0. The van der Waals surface area contributed by atoms with Crippen molar-refractivity contribution < 1.29 is 19.1 Å².